The van der Waals surface area contributed by atoms with Gasteiger partial charge in [-0.05, 0) is 50.8 Å². The Morgan fingerprint density at radius 1 is 1.05 bits per heavy atom. The van der Waals surface area contributed by atoms with Crippen LogP contribution in [0.2, 0.25) is 0 Å². The lowest BCUT2D eigenvalue weighted by Gasteiger charge is -2.15. The van der Waals surface area contributed by atoms with Gasteiger partial charge in [0.05, 0.1) is 4.90 Å². The van der Waals surface area contributed by atoms with Gasteiger partial charge >= 0.3 is 0 Å². The molecule has 1 atom stereocenters. The van der Waals surface area contributed by atoms with Gasteiger partial charge in [-0.15, -0.1) is 0 Å². The Labute approximate surface area is 133 Å². The molecule has 0 aliphatic heterocycles. The maximum Gasteiger partial charge on any atom is 0.241 e. The average molecular weight is 317 g/mol. The summed E-state index contributed by atoms with van der Waals surface area (Å²) in [4.78, 5) is 0.365. The van der Waals surface area contributed by atoms with E-state index in [1.807, 2.05) is 51.1 Å². The van der Waals surface area contributed by atoms with Crippen LogP contribution in [0.15, 0.2) is 53.4 Å². The zero-order valence-electron chi connectivity index (χ0n) is 13.3. The van der Waals surface area contributed by atoms with Gasteiger partial charge in [-0.25, -0.2) is 13.1 Å². The van der Waals surface area contributed by atoms with E-state index in [4.69, 9.17) is 0 Å². The molecule has 0 heterocycles. The molecule has 0 spiro atoms. The van der Waals surface area contributed by atoms with E-state index in [2.05, 4.69) is 16.9 Å². The van der Waals surface area contributed by atoms with Crippen LogP contribution >= 0.6 is 0 Å². The molecule has 0 saturated heterocycles. The minimum absolute atomic E-state index is 0.106. The van der Waals surface area contributed by atoms with E-state index >= 15 is 0 Å². The number of benzene rings is 2. The number of sulfonamides is 1. The van der Waals surface area contributed by atoms with Crippen molar-refractivity contribution in [2.45, 2.75) is 44.6 Å². The van der Waals surface area contributed by atoms with Gasteiger partial charge in [0.2, 0.25) is 10.0 Å². The quantitative estimate of drug-likeness (QED) is 0.885. The molecule has 0 amide bonds. The Morgan fingerprint density at radius 2 is 1.73 bits per heavy atom. The van der Waals surface area contributed by atoms with Crippen molar-refractivity contribution in [1.82, 2.24) is 4.72 Å². The molecule has 0 aliphatic carbocycles. The Bertz CT molecular complexity index is 724. The van der Waals surface area contributed by atoms with Crippen LogP contribution in [0, 0.1) is 13.8 Å². The minimum atomic E-state index is -3.46. The van der Waals surface area contributed by atoms with Crippen LogP contribution in [0.1, 0.15) is 30.0 Å². The molecule has 0 radical (unpaired) electrons. The highest BCUT2D eigenvalue weighted by Crippen LogP contribution is 2.17. The molecule has 1 N–H and O–H groups in total. The molecule has 0 aromatic heterocycles. The summed E-state index contributed by atoms with van der Waals surface area (Å²) in [7, 11) is -3.46. The third-order valence-electron chi connectivity index (χ3n) is 3.69. The number of nitrogens with one attached hydrogen (secondary N) is 1. The van der Waals surface area contributed by atoms with E-state index in [-0.39, 0.29) is 6.04 Å². The number of aryl methyl sites for hydroxylation is 3. The second-order valence-electron chi connectivity index (χ2n) is 5.82. The van der Waals surface area contributed by atoms with E-state index in [9.17, 15) is 8.42 Å². The molecule has 0 bridgehead atoms. The zero-order chi connectivity index (χ0) is 16.2. The summed E-state index contributed by atoms with van der Waals surface area (Å²) >= 11 is 0. The van der Waals surface area contributed by atoms with Crippen molar-refractivity contribution in [3.8, 4) is 0 Å². The lowest BCUT2D eigenvalue weighted by molar-refractivity contribution is 0.546. The van der Waals surface area contributed by atoms with E-state index < -0.39 is 10.0 Å². The van der Waals surface area contributed by atoms with Crippen LogP contribution in [-0.4, -0.2) is 14.5 Å². The van der Waals surface area contributed by atoms with Gasteiger partial charge in [0.15, 0.2) is 0 Å². The molecule has 0 saturated carbocycles. The average Bonchev–Trinajstić information content (AvgIpc) is 2.45. The van der Waals surface area contributed by atoms with Crippen molar-refractivity contribution in [1.29, 1.82) is 0 Å². The third kappa shape index (κ3) is 4.42. The molecule has 0 aliphatic rings. The summed E-state index contributed by atoms with van der Waals surface area (Å²) in [5.74, 6) is 0. The summed E-state index contributed by atoms with van der Waals surface area (Å²) < 4.78 is 27.7. The van der Waals surface area contributed by atoms with E-state index in [1.54, 1.807) is 6.07 Å². The topological polar surface area (TPSA) is 46.2 Å². The maximum absolute atomic E-state index is 12.5. The predicted octanol–water partition coefficient (Wildman–Crippen LogP) is 3.60. The van der Waals surface area contributed by atoms with Gasteiger partial charge in [-0.3, -0.25) is 0 Å². The lowest BCUT2D eigenvalue weighted by Crippen LogP contribution is -2.33. The largest absolute Gasteiger partial charge is 0.241 e. The minimum Gasteiger partial charge on any atom is -0.208 e. The first-order valence-electron chi connectivity index (χ1n) is 7.52. The van der Waals surface area contributed by atoms with Gasteiger partial charge in [0, 0.05) is 6.04 Å². The van der Waals surface area contributed by atoms with Crippen molar-refractivity contribution in [3.63, 3.8) is 0 Å². The first-order valence-corrected chi connectivity index (χ1v) is 9.00. The van der Waals surface area contributed by atoms with Crippen molar-refractivity contribution in [3.05, 3.63) is 65.2 Å². The summed E-state index contributed by atoms with van der Waals surface area (Å²) in [6, 6.07) is 15.4. The Balaban J connectivity index is 2.02. The Hall–Kier alpha value is -1.65. The monoisotopic (exact) mass is 317 g/mol. The van der Waals surface area contributed by atoms with Crippen LogP contribution in [-0.2, 0) is 16.4 Å². The van der Waals surface area contributed by atoms with Gasteiger partial charge in [0.25, 0.3) is 0 Å². The van der Waals surface area contributed by atoms with Gasteiger partial charge in [-0.1, -0.05) is 48.0 Å². The normalized spacial score (nSPS) is 13.0. The number of rotatable bonds is 6. The van der Waals surface area contributed by atoms with Gasteiger partial charge in [0.1, 0.15) is 0 Å². The van der Waals surface area contributed by atoms with Gasteiger partial charge < -0.3 is 0 Å². The highest BCUT2D eigenvalue weighted by atomic mass is 32.2. The molecule has 3 nitrogen and oxygen atoms in total. The smallest absolute Gasteiger partial charge is 0.208 e. The second kappa shape index (κ2) is 7.07. The van der Waals surface area contributed by atoms with Crippen molar-refractivity contribution >= 4 is 10.0 Å². The van der Waals surface area contributed by atoms with Gasteiger partial charge in [-0.2, -0.15) is 0 Å². The molecule has 0 unspecified atom stereocenters. The number of hydrogen-bond acceptors (Lipinski definition) is 2. The summed E-state index contributed by atoms with van der Waals surface area (Å²) in [6.45, 7) is 5.69. The second-order valence-corrected chi connectivity index (χ2v) is 7.50. The molecular formula is C18H23NO2S. The SMILES string of the molecule is Cc1ccc(S(=O)(=O)N[C@@H](C)CCc2ccccc2)c(C)c1. The van der Waals surface area contributed by atoms with Crippen molar-refractivity contribution in [2.24, 2.45) is 0 Å². The fourth-order valence-electron chi connectivity index (χ4n) is 2.52. The summed E-state index contributed by atoms with van der Waals surface area (Å²) in [5, 5.41) is 0. The van der Waals surface area contributed by atoms with Crippen LogP contribution in [0.4, 0.5) is 0 Å². The standard InChI is InChI=1S/C18H23NO2S/c1-14-9-12-18(15(2)13-14)22(20,21)19-16(3)10-11-17-7-5-4-6-8-17/h4-9,12-13,16,19H,10-11H2,1-3H3/t16-/m0/s1. The van der Waals surface area contributed by atoms with Crippen molar-refractivity contribution in [2.75, 3.05) is 0 Å². The fraction of sp³-hybridized carbons (Fsp3) is 0.333. The molecule has 2 aromatic rings. The first-order chi connectivity index (χ1) is 10.4. The van der Waals surface area contributed by atoms with E-state index in [0.717, 1.165) is 24.0 Å². The summed E-state index contributed by atoms with van der Waals surface area (Å²) in [6.07, 6.45) is 1.63. The molecule has 4 heteroatoms. The molecule has 2 rings (SSSR count). The lowest BCUT2D eigenvalue weighted by atomic mass is 10.1. The highest BCUT2D eigenvalue weighted by Gasteiger charge is 2.19. The van der Waals surface area contributed by atoms with Crippen LogP contribution in [0.3, 0.4) is 0 Å². The maximum atomic E-state index is 12.5. The fourth-order valence-corrected chi connectivity index (χ4v) is 4.02. The highest BCUT2D eigenvalue weighted by molar-refractivity contribution is 7.89. The Kier molecular flexibility index (Phi) is 5.37. The molecule has 0 fully saturated rings. The molecule has 2 aromatic carbocycles. The van der Waals surface area contributed by atoms with E-state index in [1.165, 1.54) is 5.56 Å². The van der Waals surface area contributed by atoms with Crippen LogP contribution in [0.25, 0.3) is 0 Å². The van der Waals surface area contributed by atoms with Crippen molar-refractivity contribution < 1.29 is 8.42 Å². The zero-order valence-corrected chi connectivity index (χ0v) is 14.2. The summed E-state index contributed by atoms with van der Waals surface area (Å²) in [5.41, 5.74) is 3.07. The first kappa shape index (κ1) is 16.7. The third-order valence-corrected chi connectivity index (χ3v) is 5.43. The van der Waals surface area contributed by atoms with Crippen LogP contribution in [0.5, 0.6) is 0 Å². The molecule has 22 heavy (non-hydrogen) atoms. The Morgan fingerprint density at radius 3 is 2.36 bits per heavy atom. The predicted molar refractivity (Wildman–Crippen MR) is 90.5 cm³/mol. The number of hydrogen-bond donors (Lipinski definition) is 1. The molecular weight excluding hydrogens is 294 g/mol. The molecule has 118 valence electrons. The van der Waals surface area contributed by atoms with E-state index in [0.29, 0.717) is 4.90 Å². The van der Waals surface area contributed by atoms with Crippen LogP contribution < -0.4 is 4.72 Å².